The second-order valence-corrected chi connectivity index (χ2v) is 5.36. The van der Waals surface area contributed by atoms with Crippen molar-refractivity contribution >= 4 is 5.91 Å². The van der Waals surface area contributed by atoms with Crippen LogP contribution in [0.5, 0.6) is 0 Å². The Balaban J connectivity index is 2.07. The molecule has 0 radical (unpaired) electrons. The zero-order valence-electron chi connectivity index (χ0n) is 12.2. The summed E-state index contributed by atoms with van der Waals surface area (Å²) in [6.07, 6.45) is 1.40. The molecule has 106 valence electrons. The number of aryl methyl sites for hydroxylation is 2. The molecule has 2 aromatic heterocycles. The van der Waals surface area contributed by atoms with Crippen LogP contribution in [0, 0.1) is 13.8 Å². The van der Waals surface area contributed by atoms with E-state index in [1.807, 2.05) is 26.0 Å². The largest absolute Gasteiger partial charge is 0.350 e. The van der Waals surface area contributed by atoms with Gasteiger partial charge in [0.05, 0.1) is 12.2 Å². The molecule has 0 aliphatic carbocycles. The van der Waals surface area contributed by atoms with E-state index in [9.17, 15) is 4.79 Å². The third-order valence-electron chi connectivity index (χ3n) is 3.33. The first-order valence-corrected chi connectivity index (χ1v) is 6.48. The molecule has 0 atom stereocenters. The number of carbonyl (C=O) groups is 1. The molecular weight excluding hydrogens is 254 g/mol. The fourth-order valence-corrected chi connectivity index (χ4v) is 1.86. The number of nitrogens with one attached hydrogen (secondary N) is 2. The van der Waals surface area contributed by atoms with Gasteiger partial charge in [-0.2, -0.15) is 5.10 Å². The maximum absolute atomic E-state index is 12.3. The Hall–Kier alpha value is -2.24. The Labute approximate surface area is 118 Å². The first kappa shape index (κ1) is 14.2. The number of aromatic nitrogens is 4. The van der Waals surface area contributed by atoms with Crippen molar-refractivity contribution < 1.29 is 4.79 Å². The van der Waals surface area contributed by atoms with Gasteiger partial charge in [0.2, 0.25) is 5.91 Å². The van der Waals surface area contributed by atoms with Gasteiger partial charge in [0.25, 0.3) is 0 Å². The lowest BCUT2D eigenvalue weighted by molar-refractivity contribution is -0.126. The van der Waals surface area contributed by atoms with Gasteiger partial charge in [0.1, 0.15) is 17.6 Å². The average Bonchev–Trinajstić information content (AvgIpc) is 2.94. The quantitative estimate of drug-likeness (QED) is 0.882. The van der Waals surface area contributed by atoms with Gasteiger partial charge in [-0.25, -0.2) is 4.98 Å². The second-order valence-electron chi connectivity index (χ2n) is 5.36. The SMILES string of the molecule is Cc1ccc(C)c(CNC(=O)C(C)(C)c2ncn[nH]2)n1. The highest BCUT2D eigenvalue weighted by atomic mass is 16.2. The number of pyridine rings is 1. The molecular formula is C14H19N5O. The standard InChI is InChI=1S/C14H19N5O/c1-9-5-6-10(2)18-11(9)7-15-13(20)14(3,4)12-16-8-17-19-12/h5-6,8H,7H2,1-4H3,(H,15,20)(H,16,17,19). The fourth-order valence-electron chi connectivity index (χ4n) is 1.86. The van der Waals surface area contributed by atoms with Gasteiger partial charge in [0.15, 0.2) is 0 Å². The number of hydrogen-bond acceptors (Lipinski definition) is 4. The van der Waals surface area contributed by atoms with Crippen LogP contribution < -0.4 is 5.32 Å². The number of carbonyl (C=O) groups excluding carboxylic acids is 1. The number of H-pyrrole nitrogens is 1. The van der Waals surface area contributed by atoms with Crippen molar-refractivity contribution in [2.24, 2.45) is 0 Å². The van der Waals surface area contributed by atoms with Gasteiger partial charge >= 0.3 is 0 Å². The summed E-state index contributed by atoms with van der Waals surface area (Å²) in [7, 11) is 0. The summed E-state index contributed by atoms with van der Waals surface area (Å²) in [6, 6.07) is 3.96. The van der Waals surface area contributed by atoms with Gasteiger partial charge in [-0.3, -0.25) is 14.9 Å². The van der Waals surface area contributed by atoms with E-state index in [1.165, 1.54) is 6.33 Å². The third kappa shape index (κ3) is 2.84. The van der Waals surface area contributed by atoms with Crippen molar-refractivity contribution in [3.63, 3.8) is 0 Å². The predicted octanol–water partition coefficient (Wildman–Crippen LogP) is 1.41. The van der Waals surface area contributed by atoms with E-state index in [2.05, 4.69) is 25.5 Å². The smallest absolute Gasteiger partial charge is 0.233 e. The van der Waals surface area contributed by atoms with Crippen LogP contribution in [0.15, 0.2) is 18.5 Å². The summed E-state index contributed by atoms with van der Waals surface area (Å²) < 4.78 is 0. The van der Waals surface area contributed by atoms with Crippen molar-refractivity contribution in [3.05, 3.63) is 41.2 Å². The molecule has 0 aliphatic rings. The van der Waals surface area contributed by atoms with Gasteiger partial charge < -0.3 is 5.32 Å². The zero-order chi connectivity index (χ0) is 14.8. The van der Waals surface area contributed by atoms with E-state index in [0.717, 1.165) is 17.0 Å². The summed E-state index contributed by atoms with van der Waals surface area (Å²) in [5.41, 5.74) is 2.13. The van der Waals surface area contributed by atoms with E-state index < -0.39 is 5.41 Å². The summed E-state index contributed by atoms with van der Waals surface area (Å²) in [6.45, 7) is 7.93. The fraction of sp³-hybridized carbons (Fsp3) is 0.429. The molecule has 0 fully saturated rings. The van der Waals surface area contributed by atoms with E-state index in [4.69, 9.17) is 0 Å². The average molecular weight is 273 g/mol. The Morgan fingerprint density at radius 2 is 2.10 bits per heavy atom. The molecule has 0 spiro atoms. The topological polar surface area (TPSA) is 83.6 Å². The second kappa shape index (κ2) is 5.40. The highest BCUT2D eigenvalue weighted by Gasteiger charge is 2.32. The third-order valence-corrected chi connectivity index (χ3v) is 3.33. The minimum atomic E-state index is -0.756. The van der Waals surface area contributed by atoms with Crippen molar-refractivity contribution in [1.82, 2.24) is 25.5 Å². The highest BCUT2D eigenvalue weighted by molar-refractivity contribution is 5.86. The molecule has 0 saturated heterocycles. The summed E-state index contributed by atoms with van der Waals surface area (Å²) in [5.74, 6) is 0.431. The molecule has 0 aliphatic heterocycles. The van der Waals surface area contributed by atoms with Crippen LogP contribution in [0.3, 0.4) is 0 Å². The van der Waals surface area contributed by atoms with Gasteiger partial charge in [-0.05, 0) is 39.3 Å². The maximum Gasteiger partial charge on any atom is 0.233 e. The van der Waals surface area contributed by atoms with Crippen LogP contribution >= 0.6 is 0 Å². The molecule has 6 nitrogen and oxygen atoms in total. The Morgan fingerprint density at radius 3 is 2.75 bits per heavy atom. The number of rotatable bonds is 4. The molecule has 0 aromatic carbocycles. The maximum atomic E-state index is 12.3. The van der Waals surface area contributed by atoms with Crippen LogP contribution in [0.25, 0.3) is 0 Å². The number of hydrogen-bond donors (Lipinski definition) is 2. The van der Waals surface area contributed by atoms with E-state index in [1.54, 1.807) is 13.8 Å². The number of amides is 1. The molecule has 2 aromatic rings. The van der Waals surface area contributed by atoms with Crippen molar-refractivity contribution in [2.75, 3.05) is 0 Å². The van der Waals surface area contributed by atoms with E-state index >= 15 is 0 Å². The predicted molar refractivity (Wildman–Crippen MR) is 75.0 cm³/mol. The number of aromatic amines is 1. The van der Waals surface area contributed by atoms with Crippen LogP contribution in [-0.4, -0.2) is 26.1 Å². The molecule has 20 heavy (non-hydrogen) atoms. The van der Waals surface area contributed by atoms with Crippen LogP contribution in [-0.2, 0) is 16.8 Å². The minimum Gasteiger partial charge on any atom is -0.350 e. The van der Waals surface area contributed by atoms with Crippen molar-refractivity contribution in [2.45, 2.75) is 39.7 Å². The van der Waals surface area contributed by atoms with Crippen LogP contribution in [0.4, 0.5) is 0 Å². The van der Waals surface area contributed by atoms with Crippen LogP contribution in [0.1, 0.15) is 36.6 Å². The van der Waals surface area contributed by atoms with Crippen molar-refractivity contribution in [1.29, 1.82) is 0 Å². The molecule has 2 rings (SSSR count). The van der Waals surface area contributed by atoms with E-state index in [-0.39, 0.29) is 5.91 Å². The zero-order valence-corrected chi connectivity index (χ0v) is 12.2. The molecule has 2 heterocycles. The first-order chi connectivity index (χ1) is 9.41. The Bertz CT molecular complexity index is 604. The van der Waals surface area contributed by atoms with E-state index in [0.29, 0.717) is 12.4 Å². The monoisotopic (exact) mass is 273 g/mol. The molecule has 0 bridgehead atoms. The first-order valence-electron chi connectivity index (χ1n) is 6.48. The lowest BCUT2D eigenvalue weighted by atomic mass is 9.91. The molecule has 0 unspecified atom stereocenters. The summed E-state index contributed by atoms with van der Waals surface area (Å²) in [5, 5.41) is 9.43. The molecule has 6 heteroatoms. The lowest BCUT2D eigenvalue weighted by Crippen LogP contribution is -2.40. The lowest BCUT2D eigenvalue weighted by Gasteiger charge is -2.20. The Kier molecular flexibility index (Phi) is 3.83. The van der Waals surface area contributed by atoms with Gasteiger partial charge in [-0.15, -0.1) is 0 Å². The van der Waals surface area contributed by atoms with Crippen molar-refractivity contribution in [3.8, 4) is 0 Å². The normalized spacial score (nSPS) is 11.4. The minimum absolute atomic E-state index is 0.114. The summed E-state index contributed by atoms with van der Waals surface area (Å²) in [4.78, 5) is 20.8. The van der Waals surface area contributed by atoms with Gasteiger partial charge in [-0.1, -0.05) is 6.07 Å². The molecule has 1 amide bonds. The van der Waals surface area contributed by atoms with Gasteiger partial charge in [0, 0.05) is 5.69 Å². The molecule has 0 saturated carbocycles. The Morgan fingerprint density at radius 1 is 1.35 bits per heavy atom. The molecule has 2 N–H and O–H groups in total. The highest BCUT2D eigenvalue weighted by Crippen LogP contribution is 2.19. The summed E-state index contributed by atoms with van der Waals surface area (Å²) >= 11 is 0. The number of nitrogens with zero attached hydrogens (tertiary/aromatic N) is 3. The van der Waals surface area contributed by atoms with Crippen LogP contribution in [0.2, 0.25) is 0 Å².